The Morgan fingerprint density at radius 2 is 2.00 bits per heavy atom. The largest absolute Gasteiger partial charge is 0.435 e. The summed E-state index contributed by atoms with van der Waals surface area (Å²) in [6, 6.07) is 9.41. The van der Waals surface area contributed by atoms with E-state index >= 15 is 0 Å². The first-order valence-electron chi connectivity index (χ1n) is 4.17. The van der Waals surface area contributed by atoms with E-state index in [9.17, 15) is 4.79 Å². The molecule has 0 N–H and O–H groups in total. The minimum absolute atomic E-state index is 0.489. The molecule has 0 aliphatic heterocycles. The highest BCUT2D eigenvalue weighted by Crippen LogP contribution is 1.94. The summed E-state index contributed by atoms with van der Waals surface area (Å²) < 4.78 is 0. The third kappa shape index (κ3) is 3.26. The van der Waals surface area contributed by atoms with Gasteiger partial charge in [-0.2, -0.15) is 0 Å². The molecule has 4 nitrogen and oxygen atoms in total. The van der Waals surface area contributed by atoms with Crippen molar-refractivity contribution in [3.63, 3.8) is 0 Å². The molecule has 0 saturated carbocycles. The molecule has 1 aromatic rings. The Bertz CT molecular complexity index is 320. The molecule has 0 aliphatic carbocycles. The lowest BCUT2D eigenvalue weighted by molar-refractivity contribution is 0.123. The lowest BCUT2D eigenvalue weighted by Gasteiger charge is -2.05. The second-order valence-electron chi connectivity index (χ2n) is 2.90. The van der Waals surface area contributed by atoms with Crippen LogP contribution in [0.15, 0.2) is 35.5 Å². The second-order valence-corrected chi connectivity index (χ2v) is 2.90. The van der Waals surface area contributed by atoms with Gasteiger partial charge in [0.05, 0.1) is 6.21 Å². The highest BCUT2D eigenvalue weighted by molar-refractivity contribution is 5.79. The predicted molar refractivity (Wildman–Crippen MR) is 54.2 cm³/mol. The molecule has 0 unspecified atom stereocenters. The lowest BCUT2D eigenvalue weighted by Crippen LogP contribution is -2.20. The van der Waals surface area contributed by atoms with Crippen molar-refractivity contribution in [2.75, 3.05) is 14.1 Å². The van der Waals surface area contributed by atoms with Crippen LogP contribution < -0.4 is 0 Å². The Morgan fingerprint density at radius 3 is 2.57 bits per heavy atom. The summed E-state index contributed by atoms with van der Waals surface area (Å²) in [5, 5.41) is 3.55. The average Bonchev–Trinajstić information content (AvgIpc) is 2.19. The number of benzene rings is 1. The Hall–Kier alpha value is -1.84. The molecule has 0 atom stereocenters. The maximum atomic E-state index is 10.9. The van der Waals surface area contributed by atoms with E-state index in [0.717, 1.165) is 5.56 Å². The molecule has 1 rings (SSSR count). The molecule has 74 valence electrons. The number of nitrogens with zero attached hydrogens (tertiary/aromatic N) is 2. The summed E-state index contributed by atoms with van der Waals surface area (Å²) in [5.74, 6) is 0. The number of hydrogen-bond acceptors (Lipinski definition) is 3. The highest BCUT2D eigenvalue weighted by Gasteiger charge is 2.01. The third-order valence-electron chi connectivity index (χ3n) is 1.50. The number of oxime groups is 1. The summed E-state index contributed by atoms with van der Waals surface area (Å²) in [6.07, 6.45) is 0.999. The zero-order valence-corrected chi connectivity index (χ0v) is 8.18. The fourth-order valence-corrected chi connectivity index (χ4v) is 0.753. The number of rotatable bonds is 2. The van der Waals surface area contributed by atoms with E-state index in [-0.39, 0.29) is 0 Å². The summed E-state index contributed by atoms with van der Waals surface area (Å²) in [5.41, 5.74) is 0.888. The molecule has 0 fully saturated rings. The molecular formula is C10H12N2O2. The van der Waals surface area contributed by atoms with Crippen LogP contribution in [0.25, 0.3) is 0 Å². The first-order chi connectivity index (χ1) is 6.70. The van der Waals surface area contributed by atoms with Crippen LogP contribution in [0.2, 0.25) is 0 Å². The molecule has 14 heavy (non-hydrogen) atoms. The maximum Gasteiger partial charge on any atom is 0.435 e. The van der Waals surface area contributed by atoms with E-state index < -0.39 is 6.09 Å². The minimum Gasteiger partial charge on any atom is -0.312 e. The number of carbonyl (C=O) groups is 1. The normalized spacial score (nSPS) is 10.1. The van der Waals surface area contributed by atoms with Crippen LogP contribution in [0.5, 0.6) is 0 Å². The van der Waals surface area contributed by atoms with Crippen LogP contribution in [-0.2, 0) is 4.84 Å². The Labute approximate surface area is 82.8 Å². The zero-order valence-electron chi connectivity index (χ0n) is 8.18. The first kappa shape index (κ1) is 10.2. The van der Waals surface area contributed by atoms with Crippen molar-refractivity contribution in [1.82, 2.24) is 4.90 Å². The van der Waals surface area contributed by atoms with Crippen molar-refractivity contribution in [3.05, 3.63) is 35.9 Å². The Kier molecular flexibility index (Phi) is 3.67. The van der Waals surface area contributed by atoms with Crippen LogP contribution in [0, 0.1) is 0 Å². The SMILES string of the molecule is CN(C)C(=O)O/N=C/c1ccccc1. The van der Waals surface area contributed by atoms with Crippen molar-refractivity contribution in [3.8, 4) is 0 Å². The quantitative estimate of drug-likeness (QED) is 0.406. The van der Waals surface area contributed by atoms with Gasteiger partial charge in [-0.25, -0.2) is 4.79 Å². The molecule has 1 aromatic carbocycles. The van der Waals surface area contributed by atoms with Gasteiger partial charge in [0.25, 0.3) is 0 Å². The van der Waals surface area contributed by atoms with E-state index in [1.165, 1.54) is 11.1 Å². The maximum absolute atomic E-state index is 10.9. The Balaban J connectivity index is 2.46. The van der Waals surface area contributed by atoms with Crippen LogP contribution in [0.3, 0.4) is 0 Å². The molecule has 0 bridgehead atoms. The van der Waals surface area contributed by atoms with E-state index in [1.54, 1.807) is 14.1 Å². The van der Waals surface area contributed by atoms with Crippen LogP contribution in [0.1, 0.15) is 5.56 Å². The van der Waals surface area contributed by atoms with Gasteiger partial charge >= 0.3 is 6.09 Å². The molecule has 0 heterocycles. The van der Waals surface area contributed by atoms with Gasteiger partial charge < -0.3 is 4.90 Å². The van der Waals surface area contributed by atoms with Crippen molar-refractivity contribution < 1.29 is 9.63 Å². The molecule has 0 radical (unpaired) electrons. The second kappa shape index (κ2) is 5.01. The van der Waals surface area contributed by atoms with Crippen LogP contribution >= 0.6 is 0 Å². The first-order valence-corrected chi connectivity index (χ1v) is 4.17. The molecule has 1 amide bonds. The predicted octanol–water partition coefficient (Wildman–Crippen LogP) is 1.72. The van der Waals surface area contributed by atoms with Crippen molar-refractivity contribution in [2.24, 2.45) is 5.16 Å². The van der Waals surface area contributed by atoms with Crippen LogP contribution in [-0.4, -0.2) is 31.3 Å². The van der Waals surface area contributed by atoms with Crippen LogP contribution in [0.4, 0.5) is 4.79 Å². The topological polar surface area (TPSA) is 41.9 Å². The summed E-state index contributed by atoms with van der Waals surface area (Å²) >= 11 is 0. The summed E-state index contributed by atoms with van der Waals surface area (Å²) in [6.45, 7) is 0. The Morgan fingerprint density at radius 1 is 1.36 bits per heavy atom. The van der Waals surface area contributed by atoms with Crippen molar-refractivity contribution >= 4 is 12.3 Å². The standard InChI is InChI=1S/C10H12N2O2/c1-12(2)10(13)14-11-8-9-6-4-3-5-7-9/h3-8H,1-2H3/b11-8+. The van der Waals surface area contributed by atoms with Gasteiger partial charge in [0.15, 0.2) is 0 Å². The van der Waals surface area contributed by atoms with E-state index in [2.05, 4.69) is 9.99 Å². The van der Waals surface area contributed by atoms with Gasteiger partial charge in [-0.15, -0.1) is 0 Å². The van der Waals surface area contributed by atoms with Gasteiger partial charge in [0, 0.05) is 14.1 Å². The summed E-state index contributed by atoms with van der Waals surface area (Å²) in [4.78, 5) is 16.8. The molecular weight excluding hydrogens is 180 g/mol. The monoisotopic (exact) mass is 192 g/mol. The van der Waals surface area contributed by atoms with E-state index in [1.807, 2.05) is 30.3 Å². The highest BCUT2D eigenvalue weighted by atomic mass is 16.7. The van der Waals surface area contributed by atoms with Crippen molar-refractivity contribution in [2.45, 2.75) is 0 Å². The molecule has 4 heteroatoms. The van der Waals surface area contributed by atoms with E-state index in [0.29, 0.717) is 0 Å². The van der Waals surface area contributed by atoms with E-state index in [4.69, 9.17) is 0 Å². The fraction of sp³-hybridized carbons (Fsp3) is 0.200. The molecule has 0 aromatic heterocycles. The minimum atomic E-state index is -0.489. The lowest BCUT2D eigenvalue weighted by atomic mass is 10.2. The summed E-state index contributed by atoms with van der Waals surface area (Å²) in [7, 11) is 3.20. The van der Waals surface area contributed by atoms with Gasteiger partial charge in [-0.1, -0.05) is 35.5 Å². The van der Waals surface area contributed by atoms with Gasteiger partial charge in [-0.3, -0.25) is 4.84 Å². The fourth-order valence-electron chi connectivity index (χ4n) is 0.753. The molecule has 0 saturated heterocycles. The molecule has 0 spiro atoms. The zero-order chi connectivity index (χ0) is 10.4. The smallest absolute Gasteiger partial charge is 0.312 e. The average molecular weight is 192 g/mol. The van der Waals surface area contributed by atoms with Gasteiger partial charge in [0.1, 0.15) is 0 Å². The van der Waals surface area contributed by atoms with Gasteiger partial charge in [-0.05, 0) is 5.56 Å². The molecule has 0 aliphatic rings. The number of amides is 1. The third-order valence-corrected chi connectivity index (χ3v) is 1.50. The number of hydrogen-bond donors (Lipinski definition) is 0. The number of carbonyl (C=O) groups excluding carboxylic acids is 1. The van der Waals surface area contributed by atoms with Crippen molar-refractivity contribution in [1.29, 1.82) is 0 Å². The van der Waals surface area contributed by atoms with Gasteiger partial charge in [0.2, 0.25) is 0 Å².